The topological polar surface area (TPSA) is 84.2 Å². The first-order valence-corrected chi connectivity index (χ1v) is 7.94. The molecule has 7 heteroatoms. The third-order valence-electron chi connectivity index (χ3n) is 3.38. The lowest BCUT2D eigenvalue weighted by atomic mass is 10.1. The summed E-state index contributed by atoms with van der Waals surface area (Å²) in [5.41, 5.74) is 1.15. The van der Waals surface area contributed by atoms with Crippen LogP contribution in [0.1, 0.15) is 67.9 Å². The first kappa shape index (κ1) is 18.5. The number of aromatic nitrogens is 2. The molecule has 1 rings (SSSR count). The Bertz CT molecular complexity index is 526. The highest BCUT2D eigenvalue weighted by atomic mass is 35.5. The Hall–Kier alpha value is -1.56. The Morgan fingerprint density at radius 3 is 2.50 bits per heavy atom. The fourth-order valence-corrected chi connectivity index (χ4v) is 2.40. The Morgan fingerprint density at radius 2 is 1.91 bits per heavy atom. The van der Waals surface area contributed by atoms with E-state index in [1.165, 1.54) is 4.68 Å². The van der Waals surface area contributed by atoms with E-state index in [0.717, 1.165) is 19.3 Å². The fourth-order valence-electron chi connectivity index (χ4n) is 2.18. The summed E-state index contributed by atoms with van der Waals surface area (Å²) in [7, 11) is 1.72. The second kappa shape index (κ2) is 8.78. The van der Waals surface area contributed by atoms with Gasteiger partial charge < -0.3 is 10.4 Å². The molecule has 1 amide bonds. The number of carboxylic acid groups (broad SMARTS) is 1. The zero-order valence-corrected chi connectivity index (χ0v) is 14.1. The molecule has 0 aromatic carbocycles. The van der Waals surface area contributed by atoms with Crippen LogP contribution in [0.5, 0.6) is 0 Å². The van der Waals surface area contributed by atoms with Gasteiger partial charge in [0.15, 0.2) is 0 Å². The van der Waals surface area contributed by atoms with E-state index in [0.29, 0.717) is 29.4 Å². The molecule has 1 aromatic heterocycles. The smallest absolute Gasteiger partial charge is 0.303 e. The quantitative estimate of drug-likeness (QED) is 0.682. The zero-order valence-electron chi connectivity index (χ0n) is 13.4. The minimum absolute atomic E-state index is 0.121. The highest BCUT2D eigenvalue weighted by molar-refractivity contribution is 6.33. The maximum atomic E-state index is 12.3. The molecule has 0 fully saturated rings. The van der Waals surface area contributed by atoms with Gasteiger partial charge in [0, 0.05) is 20.0 Å². The van der Waals surface area contributed by atoms with E-state index >= 15 is 0 Å². The summed E-state index contributed by atoms with van der Waals surface area (Å²) in [5, 5.41) is 16.0. The van der Waals surface area contributed by atoms with Crippen LogP contribution in [0.2, 0.25) is 5.15 Å². The summed E-state index contributed by atoms with van der Waals surface area (Å²) in [6, 6.07) is 0. The molecule has 1 heterocycles. The van der Waals surface area contributed by atoms with Crippen LogP contribution in [-0.4, -0.2) is 33.3 Å². The van der Waals surface area contributed by atoms with E-state index in [9.17, 15) is 9.59 Å². The monoisotopic (exact) mass is 329 g/mol. The molecule has 0 bridgehead atoms. The van der Waals surface area contributed by atoms with E-state index in [1.54, 1.807) is 7.05 Å². The van der Waals surface area contributed by atoms with Crippen molar-refractivity contribution in [1.82, 2.24) is 15.1 Å². The number of rotatable bonds is 9. The van der Waals surface area contributed by atoms with Crippen molar-refractivity contribution in [2.75, 3.05) is 6.54 Å². The summed E-state index contributed by atoms with van der Waals surface area (Å²) in [5.74, 6) is -0.844. The van der Waals surface area contributed by atoms with Crippen molar-refractivity contribution in [3.05, 3.63) is 16.4 Å². The number of hydrogen-bond donors (Lipinski definition) is 2. The Kier molecular flexibility index (Phi) is 7.38. The van der Waals surface area contributed by atoms with Gasteiger partial charge in [0.25, 0.3) is 5.91 Å². The van der Waals surface area contributed by atoms with Crippen LogP contribution in [-0.2, 0) is 11.8 Å². The van der Waals surface area contributed by atoms with Crippen molar-refractivity contribution in [3.8, 4) is 0 Å². The molecular formula is C15H24ClN3O3. The molecule has 0 saturated carbocycles. The summed E-state index contributed by atoms with van der Waals surface area (Å²) < 4.78 is 1.51. The highest BCUT2D eigenvalue weighted by Crippen LogP contribution is 2.25. The normalized spacial score (nSPS) is 11.0. The molecular weight excluding hydrogens is 306 g/mol. The van der Waals surface area contributed by atoms with Crippen LogP contribution in [0.25, 0.3) is 0 Å². The average Bonchev–Trinajstić information content (AvgIpc) is 2.73. The number of nitrogens with one attached hydrogen (secondary N) is 1. The zero-order chi connectivity index (χ0) is 16.7. The lowest BCUT2D eigenvalue weighted by molar-refractivity contribution is -0.137. The van der Waals surface area contributed by atoms with Gasteiger partial charge in [-0.2, -0.15) is 5.10 Å². The van der Waals surface area contributed by atoms with Crippen LogP contribution in [0.4, 0.5) is 0 Å². The molecule has 0 aliphatic rings. The van der Waals surface area contributed by atoms with Gasteiger partial charge in [0.05, 0.1) is 11.3 Å². The molecule has 0 saturated heterocycles. The first-order chi connectivity index (χ1) is 10.3. The molecule has 0 spiro atoms. The second-order valence-corrected chi connectivity index (χ2v) is 6.00. The standard InChI is InChI=1S/C15H24ClN3O3/c1-10(2)13-12(14(16)19(3)18-13)15(22)17-9-7-5-4-6-8-11(20)21/h10H,4-9H2,1-3H3,(H,17,22)(H,20,21). The van der Waals surface area contributed by atoms with Crippen LogP contribution in [0.15, 0.2) is 0 Å². The highest BCUT2D eigenvalue weighted by Gasteiger charge is 2.22. The van der Waals surface area contributed by atoms with Gasteiger partial charge in [0.1, 0.15) is 5.15 Å². The van der Waals surface area contributed by atoms with Crippen LogP contribution in [0, 0.1) is 0 Å². The summed E-state index contributed by atoms with van der Waals surface area (Å²) in [4.78, 5) is 22.6. The molecule has 124 valence electrons. The number of carbonyl (C=O) groups excluding carboxylic acids is 1. The minimum atomic E-state index is -0.763. The Balaban J connectivity index is 2.42. The Morgan fingerprint density at radius 1 is 1.27 bits per heavy atom. The van der Waals surface area contributed by atoms with Gasteiger partial charge in [-0.15, -0.1) is 0 Å². The fraction of sp³-hybridized carbons (Fsp3) is 0.667. The Labute approximate surface area is 135 Å². The van der Waals surface area contributed by atoms with E-state index in [4.69, 9.17) is 16.7 Å². The van der Waals surface area contributed by atoms with Gasteiger partial charge in [-0.3, -0.25) is 14.3 Å². The summed E-state index contributed by atoms with van der Waals surface area (Å²) >= 11 is 6.15. The molecule has 0 aliphatic heterocycles. The molecule has 0 radical (unpaired) electrons. The number of hydrogen-bond acceptors (Lipinski definition) is 3. The molecule has 0 atom stereocenters. The number of halogens is 1. The van der Waals surface area contributed by atoms with E-state index < -0.39 is 5.97 Å². The minimum Gasteiger partial charge on any atom is -0.481 e. The average molecular weight is 330 g/mol. The summed E-state index contributed by atoms with van der Waals surface area (Å²) in [6.45, 7) is 4.49. The largest absolute Gasteiger partial charge is 0.481 e. The van der Waals surface area contributed by atoms with Crippen molar-refractivity contribution in [1.29, 1.82) is 0 Å². The second-order valence-electron chi connectivity index (χ2n) is 5.64. The van der Waals surface area contributed by atoms with Crippen molar-refractivity contribution in [2.24, 2.45) is 7.05 Å². The van der Waals surface area contributed by atoms with Crippen molar-refractivity contribution in [2.45, 2.75) is 51.9 Å². The third kappa shape index (κ3) is 5.33. The molecule has 6 nitrogen and oxygen atoms in total. The van der Waals surface area contributed by atoms with Gasteiger partial charge in [-0.25, -0.2) is 0 Å². The van der Waals surface area contributed by atoms with Crippen molar-refractivity contribution < 1.29 is 14.7 Å². The number of amides is 1. The van der Waals surface area contributed by atoms with Crippen LogP contribution in [0.3, 0.4) is 0 Å². The van der Waals surface area contributed by atoms with E-state index in [-0.39, 0.29) is 18.2 Å². The molecule has 2 N–H and O–H groups in total. The predicted molar refractivity (Wildman–Crippen MR) is 85.4 cm³/mol. The maximum absolute atomic E-state index is 12.3. The van der Waals surface area contributed by atoms with Crippen LogP contribution < -0.4 is 5.32 Å². The number of aliphatic carboxylic acids is 1. The lowest BCUT2D eigenvalue weighted by Gasteiger charge is -2.07. The molecule has 0 aliphatic carbocycles. The van der Waals surface area contributed by atoms with Crippen LogP contribution >= 0.6 is 11.6 Å². The maximum Gasteiger partial charge on any atom is 0.303 e. The van der Waals surface area contributed by atoms with Crippen molar-refractivity contribution >= 4 is 23.5 Å². The molecule has 1 aromatic rings. The number of unbranched alkanes of at least 4 members (excludes halogenated alkanes) is 3. The van der Waals surface area contributed by atoms with Gasteiger partial charge >= 0.3 is 5.97 Å². The first-order valence-electron chi connectivity index (χ1n) is 7.57. The van der Waals surface area contributed by atoms with Gasteiger partial charge in [-0.1, -0.05) is 38.3 Å². The number of carbonyl (C=O) groups is 2. The number of carboxylic acids is 1. The number of nitrogens with zero attached hydrogens (tertiary/aromatic N) is 2. The van der Waals surface area contributed by atoms with Gasteiger partial charge in [-0.05, 0) is 18.8 Å². The number of aryl methyl sites for hydroxylation is 1. The van der Waals surface area contributed by atoms with Crippen molar-refractivity contribution in [3.63, 3.8) is 0 Å². The summed E-state index contributed by atoms with van der Waals surface area (Å²) in [6.07, 6.45) is 3.45. The lowest BCUT2D eigenvalue weighted by Crippen LogP contribution is -2.25. The predicted octanol–water partition coefficient (Wildman–Crippen LogP) is 2.96. The SMILES string of the molecule is CC(C)c1nn(C)c(Cl)c1C(=O)NCCCCCCC(=O)O. The van der Waals surface area contributed by atoms with Gasteiger partial charge in [0.2, 0.25) is 0 Å². The van der Waals surface area contributed by atoms with E-state index in [1.807, 2.05) is 13.8 Å². The third-order valence-corrected chi connectivity index (χ3v) is 3.81. The van der Waals surface area contributed by atoms with E-state index in [2.05, 4.69) is 10.4 Å². The molecule has 0 unspecified atom stereocenters. The molecule has 22 heavy (non-hydrogen) atoms.